The molecule has 1 atom stereocenters. The van der Waals surface area contributed by atoms with Gasteiger partial charge in [-0.15, -0.1) is 0 Å². The van der Waals surface area contributed by atoms with Crippen molar-refractivity contribution in [2.24, 2.45) is 23.7 Å². The molecular weight excluding hydrogens is 749 g/mol. The van der Waals surface area contributed by atoms with Crippen molar-refractivity contribution in [3.63, 3.8) is 0 Å². The number of allylic oxidation sites excluding steroid dienone is 1. The summed E-state index contributed by atoms with van der Waals surface area (Å²) >= 11 is 0. The zero-order valence-corrected chi connectivity index (χ0v) is 33.3. The van der Waals surface area contributed by atoms with E-state index in [1.807, 2.05) is 37.3 Å². The largest absolute Gasteiger partial charge is 0.395 e. The van der Waals surface area contributed by atoms with Crippen LogP contribution in [0, 0.1) is 24.7 Å². The highest BCUT2D eigenvalue weighted by molar-refractivity contribution is 6.05. The summed E-state index contributed by atoms with van der Waals surface area (Å²) in [4.78, 5) is 69.7. The first-order valence-corrected chi connectivity index (χ1v) is 20.2. The third kappa shape index (κ3) is 8.57. The van der Waals surface area contributed by atoms with Crippen LogP contribution < -0.4 is 22.1 Å². The van der Waals surface area contributed by atoms with E-state index in [0.29, 0.717) is 51.8 Å². The number of carbonyl (C=O) groups is 3. The quantitative estimate of drug-likeness (QED) is 0.114. The molecule has 1 aliphatic carbocycles. The molecule has 5 aromatic rings. The number of piperazine rings is 1. The van der Waals surface area contributed by atoms with Crippen LogP contribution in [-0.4, -0.2) is 108 Å². The molecule has 8 rings (SSSR count). The number of hydrogen-bond donors (Lipinski definition) is 3. The van der Waals surface area contributed by atoms with Crippen LogP contribution in [0.5, 0.6) is 0 Å². The van der Waals surface area contributed by atoms with Gasteiger partial charge in [-0.1, -0.05) is 24.0 Å². The van der Waals surface area contributed by atoms with Crippen molar-refractivity contribution in [1.82, 2.24) is 49.1 Å². The molecule has 0 bridgehead atoms. The number of aromatic nitrogens is 6. The van der Waals surface area contributed by atoms with Crippen LogP contribution in [-0.2, 0) is 16.6 Å². The lowest BCUT2D eigenvalue weighted by Gasteiger charge is -2.37. The average molecular weight is 797 g/mol. The Morgan fingerprint density at radius 1 is 1.00 bits per heavy atom. The second-order valence-corrected chi connectivity index (χ2v) is 15.6. The minimum Gasteiger partial charge on any atom is -0.395 e. The number of benzene rings is 1. The van der Waals surface area contributed by atoms with Crippen molar-refractivity contribution in [1.29, 1.82) is 0 Å². The number of rotatable bonds is 9. The summed E-state index contributed by atoms with van der Waals surface area (Å²) < 4.78 is 4.58. The standard InChI is InChI=1S/C43H48N12O4/c1-28-9-14-33(47-24-28)38(44)34(49-41(57)32-25-48-54-19-5-17-45-40(32)54)26-46-31-12-10-29(11-13-31)27-53-22-20-52(21-23-53)18-4-7-30-6-3-8-35-39(30)51(2)43(59)55(35)36-15-16-37(56)50-42(36)58/h3,5-6,8-9,14,17,19,24-26,29,31,36H,10-13,15-16,18,20-23,27,44H2,1-2H3,(H,49,57)(H,50,56,58)/b38-34+,46-26?. The van der Waals surface area contributed by atoms with E-state index in [9.17, 15) is 19.2 Å². The van der Waals surface area contributed by atoms with Crippen molar-refractivity contribution in [3.8, 4) is 11.8 Å². The van der Waals surface area contributed by atoms with Gasteiger partial charge in [0, 0.05) is 71.0 Å². The Balaban J connectivity index is 0.839. The maximum absolute atomic E-state index is 13.4. The summed E-state index contributed by atoms with van der Waals surface area (Å²) in [7, 11) is 1.69. The first-order valence-electron chi connectivity index (χ1n) is 20.2. The fraction of sp³-hybridized carbons (Fsp3) is 0.395. The third-order valence-electron chi connectivity index (χ3n) is 11.6. The Kier molecular flexibility index (Phi) is 11.5. The van der Waals surface area contributed by atoms with E-state index >= 15 is 0 Å². The van der Waals surface area contributed by atoms with Crippen molar-refractivity contribution in [2.45, 2.75) is 57.5 Å². The van der Waals surface area contributed by atoms with Crippen molar-refractivity contribution < 1.29 is 14.4 Å². The fourth-order valence-corrected chi connectivity index (χ4v) is 8.28. The highest BCUT2D eigenvalue weighted by atomic mass is 16.2. The van der Waals surface area contributed by atoms with E-state index in [1.54, 1.807) is 47.0 Å². The van der Waals surface area contributed by atoms with Gasteiger partial charge < -0.3 is 16.0 Å². The first-order chi connectivity index (χ1) is 28.6. The predicted molar refractivity (Wildman–Crippen MR) is 223 cm³/mol. The van der Waals surface area contributed by atoms with Gasteiger partial charge in [-0.05, 0) is 74.8 Å². The van der Waals surface area contributed by atoms with Crippen LogP contribution in [0.4, 0.5) is 0 Å². The zero-order chi connectivity index (χ0) is 41.0. The van der Waals surface area contributed by atoms with E-state index < -0.39 is 11.9 Å². The van der Waals surface area contributed by atoms with Gasteiger partial charge in [0.1, 0.15) is 11.6 Å². The summed E-state index contributed by atoms with van der Waals surface area (Å²) in [5.74, 6) is 6.06. The van der Waals surface area contributed by atoms with Crippen LogP contribution in [0.2, 0.25) is 0 Å². The van der Waals surface area contributed by atoms with E-state index in [2.05, 4.69) is 47.3 Å². The van der Waals surface area contributed by atoms with Gasteiger partial charge in [0.15, 0.2) is 5.65 Å². The van der Waals surface area contributed by atoms with Gasteiger partial charge in [0.2, 0.25) is 11.8 Å². The number of carbonyl (C=O) groups excluding carboxylic acids is 3. The van der Waals surface area contributed by atoms with Gasteiger partial charge in [-0.2, -0.15) is 5.10 Å². The molecule has 0 radical (unpaired) electrons. The number of imide groups is 1. The second kappa shape index (κ2) is 17.2. The molecule has 6 heterocycles. The lowest BCUT2D eigenvalue weighted by Crippen LogP contribution is -2.48. The first kappa shape index (κ1) is 39.4. The average Bonchev–Trinajstić information content (AvgIpc) is 3.79. The number of nitrogens with two attached hydrogens (primary N) is 1. The Labute approximate surface area is 341 Å². The molecule has 1 aromatic carbocycles. The number of aliphatic imine (C=N–C) groups is 1. The number of amides is 3. The summed E-state index contributed by atoms with van der Waals surface area (Å²) in [6.45, 7) is 7.42. The van der Waals surface area contributed by atoms with Crippen molar-refractivity contribution >= 4 is 46.3 Å². The number of pyridine rings is 1. The minimum atomic E-state index is -0.731. The molecule has 3 aliphatic rings. The smallest absolute Gasteiger partial charge is 0.329 e. The monoisotopic (exact) mass is 796 g/mol. The topological polar surface area (TPSA) is 190 Å². The van der Waals surface area contributed by atoms with Crippen LogP contribution in [0.15, 0.2) is 76.7 Å². The number of imidazole rings is 1. The Hall–Kier alpha value is -6.44. The molecule has 1 unspecified atom stereocenters. The number of nitrogens with zero attached hydrogens (tertiary/aromatic N) is 9. The predicted octanol–water partition coefficient (Wildman–Crippen LogP) is 2.42. The van der Waals surface area contributed by atoms with Crippen LogP contribution in [0.1, 0.15) is 71.7 Å². The van der Waals surface area contributed by atoms with E-state index in [0.717, 1.165) is 69.5 Å². The van der Waals surface area contributed by atoms with Gasteiger partial charge in [-0.25, -0.2) is 14.3 Å². The number of fused-ring (bicyclic) bond motifs is 2. The molecule has 3 fully saturated rings. The van der Waals surface area contributed by atoms with Crippen molar-refractivity contribution in [2.75, 3.05) is 39.3 Å². The molecule has 304 valence electrons. The lowest BCUT2D eigenvalue weighted by molar-refractivity contribution is -0.135. The Morgan fingerprint density at radius 2 is 1.80 bits per heavy atom. The summed E-state index contributed by atoms with van der Waals surface area (Å²) in [5, 5.41) is 9.56. The molecule has 4 aromatic heterocycles. The SMILES string of the molecule is Cc1ccc(/C(N)=C(/C=NC2CCC(CN3CCN(CC#Cc4cccc5c4n(C)c(=O)n5C4CCC(=O)NC4=O)CC3)CC2)NC(=O)c2cnn3cccnc23)nc1. The summed E-state index contributed by atoms with van der Waals surface area (Å²) in [6, 6.07) is 10.5. The highest BCUT2D eigenvalue weighted by Crippen LogP contribution is 2.28. The number of nitrogens with one attached hydrogen (secondary N) is 2. The van der Waals surface area contributed by atoms with Gasteiger partial charge in [0.25, 0.3) is 5.91 Å². The number of piperidine rings is 1. The molecule has 4 N–H and O–H groups in total. The molecular formula is C43H48N12O4. The molecule has 2 saturated heterocycles. The maximum Gasteiger partial charge on any atom is 0.329 e. The van der Waals surface area contributed by atoms with Crippen molar-refractivity contribution in [3.05, 3.63) is 99.8 Å². The zero-order valence-electron chi connectivity index (χ0n) is 33.3. The normalized spacial score (nSPS) is 21.0. The molecule has 2 aliphatic heterocycles. The minimum absolute atomic E-state index is 0.121. The molecule has 16 nitrogen and oxygen atoms in total. The van der Waals surface area contributed by atoms with Gasteiger partial charge >= 0.3 is 5.69 Å². The third-order valence-corrected chi connectivity index (χ3v) is 11.6. The summed E-state index contributed by atoms with van der Waals surface area (Å²) in [6.07, 6.45) is 12.8. The van der Waals surface area contributed by atoms with Crippen LogP contribution in [0.3, 0.4) is 0 Å². The maximum atomic E-state index is 13.4. The fourth-order valence-electron chi connectivity index (χ4n) is 8.28. The lowest BCUT2D eigenvalue weighted by atomic mass is 9.86. The Morgan fingerprint density at radius 3 is 2.56 bits per heavy atom. The number of aryl methyl sites for hydroxylation is 2. The van der Waals surface area contributed by atoms with Gasteiger partial charge in [-0.3, -0.25) is 43.7 Å². The van der Waals surface area contributed by atoms with E-state index in [4.69, 9.17) is 10.7 Å². The summed E-state index contributed by atoms with van der Waals surface area (Å²) in [5.41, 5.74) is 11.4. The molecule has 1 saturated carbocycles. The highest BCUT2D eigenvalue weighted by Gasteiger charge is 2.32. The number of hydrogen-bond acceptors (Lipinski definition) is 11. The van der Waals surface area contributed by atoms with Gasteiger partial charge in [0.05, 0.1) is 52.5 Å². The van der Waals surface area contributed by atoms with Crippen LogP contribution >= 0.6 is 0 Å². The molecule has 16 heteroatoms. The number of para-hydroxylation sites is 1. The van der Waals surface area contributed by atoms with E-state index in [1.165, 1.54) is 10.8 Å². The Bertz CT molecular complexity index is 2580. The van der Waals surface area contributed by atoms with E-state index in [-0.39, 0.29) is 36.4 Å². The molecule has 3 amide bonds. The van der Waals surface area contributed by atoms with Crippen LogP contribution in [0.25, 0.3) is 22.4 Å². The second-order valence-electron chi connectivity index (χ2n) is 15.6. The molecule has 59 heavy (non-hydrogen) atoms. The molecule has 0 spiro atoms.